The Hall–Kier alpha value is -2.34. The van der Waals surface area contributed by atoms with Crippen LogP contribution in [0.4, 0.5) is 4.39 Å². The zero-order valence-corrected chi connectivity index (χ0v) is 16.8. The van der Waals surface area contributed by atoms with Gasteiger partial charge < -0.3 is 9.47 Å². The highest BCUT2D eigenvalue weighted by atomic mass is 32.2. The molecule has 1 aliphatic carbocycles. The van der Waals surface area contributed by atoms with Crippen LogP contribution < -0.4 is 4.74 Å². The van der Waals surface area contributed by atoms with E-state index < -0.39 is 17.2 Å². The van der Waals surface area contributed by atoms with E-state index in [2.05, 4.69) is 0 Å². The first-order chi connectivity index (χ1) is 13.5. The molecule has 2 aromatic carbocycles. The molecule has 0 unspecified atom stereocenters. The van der Waals surface area contributed by atoms with Crippen LogP contribution in [-0.4, -0.2) is 30.9 Å². The number of Topliss-reactive ketones (excluding diaryl/α,β-unsaturated/α-hetero) is 1. The lowest BCUT2D eigenvalue weighted by Crippen LogP contribution is -2.51. The minimum absolute atomic E-state index is 0.0151. The summed E-state index contributed by atoms with van der Waals surface area (Å²) in [5.74, 6) is -0.241. The molecule has 1 fully saturated rings. The molecule has 0 atom stereocenters. The Morgan fingerprint density at radius 1 is 1.18 bits per heavy atom. The number of halogens is 1. The molecule has 0 heterocycles. The molecular weight excluding hydrogens is 379 g/mol. The molecule has 0 spiro atoms. The van der Waals surface area contributed by atoms with Crippen molar-refractivity contribution in [2.45, 2.75) is 19.4 Å². The summed E-state index contributed by atoms with van der Waals surface area (Å²) in [4.78, 5) is 26.2. The molecule has 4 nitrogen and oxygen atoms in total. The van der Waals surface area contributed by atoms with Gasteiger partial charge in [0.25, 0.3) is 0 Å². The lowest BCUT2D eigenvalue weighted by molar-refractivity contribution is -0.161. The van der Waals surface area contributed by atoms with Crippen molar-refractivity contribution in [2.75, 3.05) is 19.1 Å². The number of hydrogen-bond donors (Lipinski definition) is 0. The van der Waals surface area contributed by atoms with Crippen molar-refractivity contribution < 1.29 is 23.5 Å². The third kappa shape index (κ3) is 4.07. The van der Waals surface area contributed by atoms with Crippen molar-refractivity contribution in [3.8, 4) is 5.75 Å². The van der Waals surface area contributed by atoms with Crippen LogP contribution in [0.3, 0.4) is 0 Å². The van der Waals surface area contributed by atoms with Gasteiger partial charge in [-0.05, 0) is 54.5 Å². The molecule has 0 N–H and O–H groups in total. The molecular formula is C22H23FO4S. The number of thioether (sulfide) groups is 1. The predicted molar refractivity (Wildman–Crippen MR) is 107 cm³/mol. The summed E-state index contributed by atoms with van der Waals surface area (Å²) in [5, 5.41) is 0. The average molecular weight is 402 g/mol. The summed E-state index contributed by atoms with van der Waals surface area (Å²) >= 11 is 1.69. The maximum Gasteiger partial charge on any atom is 0.320 e. The lowest BCUT2D eigenvalue weighted by Gasteiger charge is -2.44. The van der Waals surface area contributed by atoms with Gasteiger partial charge in [-0.15, -0.1) is 0 Å². The van der Waals surface area contributed by atoms with E-state index in [9.17, 15) is 14.0 Å². The maximum atomic E-state index is 13.7. The van der Waals surface area contributed by atoms with Crippen molar-refractivity contribution in [2.24, 2.45) is 11.3 Å². The number of carbonyl (C=O) groups is 2. The van der Waals surface area contributed by atoms with Crippen molar-refractivity contribution in [1.82, 2.24) is 0 Å². The molecule has 1 aliphatic rings. The molecule has 148 valence electrons. The third-order valence-electron chi connectivity index (χ3n) is 5.13. The van der Waals surface area contributed by atoms with E-state index in [0.29, 0.717) is 12.8 Å². The van der Waals surface area contributed by atoms with E-state index >= 15 is 0 Å². The van der Waals surface area contributed by atoms with Crippen molar-refractivity contribution in [1.29, 1.82) is 0 Å². The van der Waals surface area contributed by atoms with Crippen LogP contribution in [0.1, 0.15) is 28.8 Å². The Bertz CT molecular complexity index is 847. The van der Waals surface area contributed by atoms with Crippen LogP contribution >= 0.6 is 11.8 Å². The first-order valence-corrected chi connectivity index (χ1v) is 10.5. The summed E-state index contributed by atoms with van der Waals surface area (Å²) in [6.45, 7) is 0.120. The van der Waals surface area contributed by atoms with Gasteiger partial charge in [-0.1, -0.05) is 30.3 Å². The molecule has 0 aliphatic heterocycles. The van der Waals surface area contributed by atoms with Crippen LogP contribution in [0.15, 0.2) is 48.5 Å². The van der Waals surface area contributed by atoms with Gasteiger partial charge in [-0.2, -0.15) is 11.8 Å². The first-order valence-electron chi connectivity index (χ1n) is 9.08. The number of carbonyl (C=O) groups excluding carboxylic acids is 2. The van der Waals surface area contributed by atoms with E-state index in [0.717, 1.165) is 11.3 Å². The second kappa shape index (κ2) is 8.78. The topological polar surface area (TPSA) is 52.6 Å². The molecule has 1 saturated carbocycles. The number of esters is 1. The van der Waals surface area contributed by atoms with Crippen molar-refractivity contribution in [3.63, 3.8) is 0 Å². The van der Waals surface area contributed by atoms with Gasteiger partial charge >= 0.3 is 5.97 Å². The zero-order chi connectivity index (χ0) is 20.1. The number of hydrogen-bond acceptors (Lipinski definition) is 5. The predicted octanol–water partition coefficient (Wildman–Crippen LogP) is 4.52. The summed E-state index contributed by atoms with van der Waals surface area (Å²) < 4.78 is 24.2. The lowest BCUT2D eigenvalue weighted by atomic mass is 9.59. The Morgan fingerprint density at radius 3 is 2.54 bits per heavy atom. The monoisotopic (exact) mass is 402 g/mol. The smallest absolute Gasteiger partial charge is 0.320 e. The van der Waals surface area contributed by atoms with Gasteiger partial charge in [-0.25, -0.2) is 4.39 Å². The molecule has 0 bridgehead atoms. The van der Waals surface area contributed by atoms with Gasteiger partial charge in [0.2, 0.25) is 0 Å². The molecule has 28 heavy (non-hydrogen) atoms. The van der Waals surface area contributed by atoms with E-state index in [-0.39, 0.29) is 29.6 Å². The van der Waals surface area contributed by atoms with E-state index in [4.69, 9.17) is 9.47 Å². The van der Waals surface area contributed by atoms with Gasteiger partial charge in [0.1, 0.15) is 12.0 Å². The second-order valence-electron chi connectivity index (χ2n) is 7.05. The number of methoxy groups -OCH3 is 1. The molecule has 0 aromatic heterocycles. The summed E-state index contributed by atoms with van der Waals surface area (Å²) in [6.07, 6.45) is 2.89. The Morgan fingerprint density at radius 2 is 1.89 bits per heavy atom. The fourth-order valence-electron chi connectivity index (χ4n) is 3.66. The highest BCUT2D eigenvalue weighted by Gasteiger charge is 2.56. The van der Waals surface area contributed by atoms with Gasteiger partial charge in [0.15, 0.2) is 17.3 Å². The number of rotatable bonds is 8. The van der Waals surface area contributed by atoms with Crippen LogP contribution in [0.25, 0.3) is 0 Å². The normalized spacial score (nSPS) is 20.9. The van der Waals surface area contributed by atoms with Crippen LogP contribution in [-0.2, 0) is 16.1 Å². The standard InChI is InChI=1S/C22H23FO4S/c1-26-19-10-17(8-9-18(19)23)20(24)22(11-16(12-22)14-28-2)21(25)27-13-15-6-4-3-5-7-15/h3-10,16H,11-14H2,1-2H3. The van der Waals surface area contributed by atoms with Gasteiger partial charge in [0, 0.05) is 5.56 Å². The molecule has 3 rings (SSSR count). The summed E-state index contributed by atoms with van der Waals surface area (Å²) in [5.41, 5.74) is -0.0859. The fourth-order valence-corrected chi connectivity index (χ4v) is 4.37. The fraction of sp³-hybridized carbons (Fsp3) is 0.364. The van der Waals surface area contributed by atoms with Crippen LogP contribution in [0.5, 0.6) is 5.75 Å². The average Bonchev–Trinajstić information content (AvgIpc) is 2.69. The zero-order valence-electron chi connectivity index (χ0n) is 15.9. The van der Waals surface area contributed by atoms with Gasteiger partial charge in [-0.3, -0.25) is 9.59 Å². The molecule has 0 amide bonds. The van der Waals surface area contributed by atoms with Gasteiger partial charge in [0.05, 0.1) is 7.11 Å². The number of benzene rings is 2. The third-order valence-corrected chi connectivity index (χ3v) is 5.93. The highest BCUT2D eigenvalue weighted by molar-refractivity contribution is 7.98. The molecule has 0 radical (unpaired) electrons. The SMILES string of the molecule is COc1cc(C(=O)C2(C(=O)OCc3ccccc3)CC(CSC)C2)ccc1F. The Balaban J connectivity index is 1.81. The first kappa shape index (κ1) is 20.4. The van der Waals surface area contributed by atoms with E-state index in [1.165, 1.54) is 25.3 Å². The largest absolute Gasteiger partial charge is 0.494 e. The Labute approximate surface area is 168 Å². The second-order valence-corrected chi connectivity index (χ2v) is 7.96. The molecule has 2 aromatic rings. The minimum atomic E-state index is -1.21. The molecule has 0 saturated heterocycles. The maximum absolute atomic E-state index is 13.7. The Kier molecular flexibility index (Phi) is 6.39. The van der Waals surface area contributed by atoms with Crippen LogP contribution in [0.2, 0.25) is 0 Å². The highest BCUT2D eigenvalue weighted by Crippen LogP contribution is 2.50. The number of ketones is 1. The van der Waals surface area contributed by atoms with E-state index in [1.54, 1.807) is 11.8 Å². The number of ether oxygens (including phenoxy) is 2. The van der Waals surface area contributed by atoms with E-state index in [1.807, 2.05) is 36.6 Å². The quantitative estimate of drug-likeness (QED) is 0.369. The van der Waals surface area contributed by atoms with Crippen LogP contribution in [0, 0.1) is 17.2 Å². The minimum Gasteiger partial charge on any atom is -0.494 e. The van der Waals surface area contributed by atoms with Crippen molar-refractivity contribution >= 4 is 23.5 Å². The molecule has 6 heteroatoms. The van der Waals surface area contributed by atoms with Crippen molar-refractivity contribution in [3.05, 3.63) is 65.5 Å². The summed E-state index contributed by atoms with van der Waals surface area (Å²) in [7, 11) is 1.34. The summed E-state index contributed by atoms with van der Waals surface area (Å²) in [6, 6.07) is 13.3.